The van der Waals surface area contributed by atoms with Crippen LogP contribution < -0.4 is 5.32 Å². The van der Waals surface area contributed by atoms with Crippen molar-refractivity contribution in [2.45, 2.75) is 70.6 Å². The third kappa shape index (κ3) is 3.46. The van der Waals surface area contributed by atoms with E-state index in [9.17, 15) is 0 Å². The van der Waals surface area contributed by atoms with E-state index in [1.165, 1.54) is 38.6 Å². The molecule has 2 aliphatic rings. The number of hydrogen-bond acceptors (Lipinski definition) is 3. The molecular weight excluding hydrogens is 224 g/mol. The zero-order valence-corrected chi connectivity index (χ0v) is 12.4. The first-order valence-electron chi connectivity index (χ1n) is 7.77. The van der Waals surface area contributed by atoms with Crippen LogP contribution in [0.3, 0.4) is 0 Å². The molecule has 0 aromatic heterocycles. The van der Waals surface area contributed by atoms with Gasteiger partial charge in [-0.1, -0.05) is 20.3 Å². The molecule has 0 aromatic carbocycles. The van der Waals surface area contributed by atoms with Gasteiger partial charge in [-0.2, -0.15) is 0 Å². The van der Waals surface area contributed by atoms with Gasteiger partial charge in [-0.3, -0.25) is 4.90 Å². The van der Waals surface area contributed by atoms with Crippen molar-refractivity contribution in [2.24, 2.45) is 0 Å². The van der Waals surface area contributed by atoms with E-state index in [0.29, 0.717) is 17.7 Å². The van der Waals surface area contributed by atoms with Gasteiger partial charge in [-0.05, 0) is 32.6 Å². The highest BCUT2D eigenvalue weighted by Crippen LogP contribution is 2.23. The van der Waals surface area contributed by atoms with Crippen LogP contribution in [0.15, 0.2) is 0 Å². The summed E-state index contributed by atoms with van der Waals surface area (Å²) in [7, 11) is 0. The molecule has 3 heteroatoms. The van der Waals surface area contributed by atoms with Gasteiger partial charge in [0.25, 0.3) is 0 Å². The summed E-state index contributed by atoms with van der Waals surface area (Å²) < 4.78 is 5.82. The van der Waals surface area contributed by atoms with E-state index in [-0.39, 0.29) is 0 Å². The molecule has 3 unspecified atom stereocenters. The second kappa shape index (κ2) is 6.36. The van der Waals surface area contributed by atoms with Crippen molar-refractivity contribution in [1.82, 2.24) is 10.2 Å². The molecule has 0 aliphatic carbocycles. The molecule has 1 N–H and O–H groups in total. The highest BCUT2D eigenvalue weighted by atomic mass is 16.5. The molecule has 2 heterocycles. The Morgan fingerprint density at radius 2 is 2.22 bits per heavy atom. The van der Waals surface area contributed by atoms with Crippen LogP contribution >= 0.6 is 0 Å². The van der Waals surface area contributed by atoms with Crippen LogP contribution in [0.5, 0.6) is 0 Å². The summed E-state index contributed by atoms with van der Waals surface area (Å²) in [4.78, 5) is 2.69. The minimum Gasteiger partial charge on any atom is -0.377 e. The summed E-state index contributed by atoms with van der Waals surface area (Å²) in [6.07, 6.45) is 6.78. The van der Waals surface area contributed by atoms with E-state index in [2.05, 4.69) is 31.0 Å². The molecule has 2 fully saturated rings. The minimum atomic E-state index is 0.294. The lowest BCUT2D eigenvalue weighted by atomic mass is 9.92. The molecule has 2 saturated heterocycles. The molecule has 18 heavy (non-hydrogen) atoms. The van der Waals surface area contributed by atoms with E-state index in [1.807, 2.05) is 0 Å². The molecule has 2 aliphatic heterocycles. The van der Waals surface area contributed by atoms with Gasteiger partial charge in [0.2, 0.25) is 0 Å². The lowest BCUT2D eigenvalue weighted by Crippen LogP contribution is -2.63. The maximum atomic E-state index is 5.82. The molecule has 3 nitrogen and oxygen atoms in total. The Balaban J connectivity index is 1.94. The average molecular weight is 254 g/mol. The van der Waals surface area contributed by atoms with E-state index in [4.69, 9.17) is 4.74 Å². The highest BCUT2D eigenvalue weighted by Gasteiger charge is 2.35. The van der Waals surface area contributed by atoms with Crippen LogP contribution in [0.25, 0.3) is 0 Å². The number of piperazine rings is 1. The molecular formula is C15H30N2O. The van der Waals surface area contributed by atoms with Gasteiger partial charge >= 0.3 is 0 Å². The van der Waals surface area contributed by atoms with Gasteiger partial charge in [0.1, 0.15) is 0 Å². The van der Waals surface area contributed by atoms with Crippen molar-refractivity contribution in [1.29, 1.82) is 0 Å². The Morgan fingerprint density at radius 3 is 2.83 bits per heavy atom. The van der Waals surface area contributed by atoms with E-state index < -0.39 is 0 Å². The molecule has 3 atom stereocenters. The Morgan fingerprint density at radius 1 is 1.39 bits per heavy atom. The molecule has 0 amide bonds. The third-order valence-electron chi connectivity index (χ3n) is 4.70. The fourth-order valence-electron chi connectivity index (χ4n) is 3.24. The zero-order valence-electron chi connectivity index (χ0n) is 12.4. The molecule has 0 saturated carbocycles. The SMILES string of the molecule is CCCC1CNC(C)(CC)CN1CC1CCCO1. The van der Waals surface area contributed by atoms with Crippen LogP contribution in [0.1, 0.15) is 52.9 Å². The Labute approximate surface area is 112 Å². The van der Waals surface area contributed by atoms with Gasteiger partial charge in [0.05, 0.1) is 6.10 Å². The second-order valence-electron chi connectivity index (χ2n) is 6.30. The second-order valence-corrected chi connectivity index (χ2v) is 6.30. The summed E-state index contributed by atoms with van der Waals surface area (Å²) in [6, 6.07) is 0.707. The smallest absolute Gasteiger partial charge is 0.0702 e. The van der Waals surface area contributed by atoms with Crippen LogP contribution in [0.2, 0.25) is 0 Å². The van der Waals surface area contributed by atoms with E-state index in [0.717, 1.165) is 19.7 Å². The summed E-state index contributed by atoms with van der Waals surface area (Å²) in [5.41, 5.74) is 0.294. The summed E-state index contributed by atoms with van der Waals surface area (Å²) in [6.45, 7) is 11.4. The number of nitrogens with one attached hydrogen (secondary N) is 1. The zero-order chi connectivity index (χ0) is 13.0. The summed E-state index contributed by atoms with van der Waals surface area (Å²) in [5.74, 6) is 0. The lowest BCUT2D eigenvalue weighted by Gasteiger charge is -2.46. The largest absolute Gasteiger partial charge is 0.377 e. The van der Waals surface area contributed by atoms with Gasteiger partial charge in [0.15, 0.2) is 0 Å². The van der Waals surface area contributed by atoms with Crippen LogP contribution in [-0.4, -0.2) is 48.8 Å². The van der Waals surface area contributed by atoms with Crippen molar-refractivity contribution in [3.8, 4) is 0 Å². The molecule has 0 aromatic rings. The maximum Gasteiger partial charge on any atom is 0.0702 e. The Bertz CT molecular complexity index is 253. The van der Waals surface area contributed by atoms with Gasteiger partial charge in [-0.15, -0.1) is 0 Å². The predicted molar refractivity (Wildman–Crippen MR) is 75.9 cm³/mol. The van der Waals surface area contributed by atoms with Gasteiger partial charge in [0, 0.05) is 37.8 Å². The standard InChI is InChI=1S/C15H30N2O/c1-4-7-13-10-16-15(3,5-2)12-17(13)11-14-8-6-9-18-14/h13-14,16H,4-12H2,1-3H3. The lowest BCUT2D eigenvalue weighted by molar-refractivity contribution is 0.0196. The van der Waals surface area contributed by atoms with Crippen molar-refractivity contribution >= 4 is 0 Å². The van der Waals surface area contributed by atoms with Gasteiger partial charge < -0.3 is 10.1 Å². The third-order valence-corrected chi connectivity index (χ3v) is 4.70. The summed E-state index contributed by atoms with van der Waals surface area (Å²) in [5, 5.41) is 3.75. The first kappa shape index (κ1) is 14.3. The van der Waals surface area contributed by atoms with Crippen LogP contribution in [-0.2, 0) is 4.74 Å². The summed E-state index contributed by atoms with van der Waals surface area (Å²) >= 11 is 0. The highest BCUT2D eigenvalue weighted by molar-refractivity contribution is 4.95. The van der Waals surface area contributed by atoms with Crippen molar-refractivity contribution in [2.75, 3.05) is 26.2 Å². The average Bonchev–Trinajstić information content (AvgIpc) is 2.86. The van der Waals surface area contributed by atoms with Crippen LogP contribution in [0, 0.1) is 0 Å². The van der Waals surface area contributed by atoms with Crippen molar-refractivity contribution < 1.29 is 4.74 Å². The normalized spacial score (nSPS) is 38.2. The van der Waals surface area contributed by atoms with Crippen LogP contribution in [0.4, 0.5) is 0 Å². The number of rotatable bonds is 5. The molecule has 2 rings (SSSR count). The first-order chi connectivity index (χ1) is 8.67. The van der Waals surface area contributed by atoms with E-state index in [1.54, 1.807) is 0 Å². The monoisotopic (exact) mass is 254 g/mol. The Hall–Kier alpha value is -0.120. The molecule has 0 radical (unpaired) electrons. The number of nitrogens with zero attached hydrogens (tertiary/aromatic N) is 1. The molecule has 0 spiro atoms. The van der Waals surface area contributed by atoms with Crippen molar-refractivity contribution in [3.63, 3.8) is 0 Å². The quantitative estimate of drug-likeness (QED) is 0.815. The first-order valence-corrected chi connectivity index (χ1v) is 7.77. The molecule has 106 valence electrons. The predicted octanol–water partition coefficient (Wildman–Crippen LogP) is 2.41. The van der Waals surface area contributed by atoms with Gasteiger partial charge in [-0.25, -0.2) is 0 Å². The fourth-order valence-corrected chi connectivity index (χ4v) is 3.24. The molecule has 0 bridgehead atoms. The van der Waals surface area contributed by atoms with Crippen molar-refractivity contribution in [3.05, 3.63) is 0 Å². The minimum absolute atomic E-state index is 0.294. The maximum absolute atomic E-state index is 5.82. The topological polar surface area (TPSA) is 24.5 Å². The number of hydrogen-bond donors (Lipinski definition) is 1. The number of ether oxygens (including phenoxy) is 1. The van der Waals surface area contributed by atoms with E-state index >= 15 is 0 Å². The fraction of sp³-hybridized carbons (Fsp3) is 1.00. The Kier molecular flexibility index (Phi) is 5.05.